The Kier molecular flexibility index (Phi) is 24.3. The molecule has 6 aromatic rings. The van der Waals surface area contributed by atoms with Crippen LogP contribution in [0.2, 0.25) is 15.1 Å². The average Bonchev–Trinajstić information content (AvgIpc) is 3.17. The van der Waals surface area contributed by atoms with Crippen molar-refractivity contribution in [1.29, 1.82) is 0 Å². The van der Waals surface area contributed by atoms with E-state index < -0.39 is 48.2 Å². The van der Waals surface area contributed by atoms with Crippen LogP contribution in [0.4, 0.5) is 39.5 Å². The Balaban J connectivity index is 0.000000822. The van der Waals surface area contributed by atoms with E-state index in [1.54, 1.807) is 54.6 Å². The number of hydrogen-bond acceptors (Lipinski definition) is 11. The standard InChI is InChI=1S/C12H8ClF3N2O.C11H6ClF3N2O.C6H6BClO2.C6H4BrF3N2O.Na.2H2O/c1-19-9-6-10(12(14,15)16)17-18-11(9)7-3-2-4-8(13)5-7;12-7-3-1-2-6(4-7)10-8(18)5-9(16-17-10)11(13,14)15;8-6-3-1-2-5(4-6)7(9)10;1-13-3-2-4(6(8,9)10)11-12-5(3)7;;;/h2-6H,1H3;1-5H,(H,16,18);1-4,9-10H;2H,1H3;;2*1H2/q;;;;+1;;/p-1. The zero-order valence-electron chi connectivity index (χ0n) is 32.0. The zero-order valence-corrected chi connectivity index (χ0v) is 37.8. The molecule has 13 nitrogen and oxygen atoms in total. The number of aromatic nitrogens is 6. The molecule has 0 atom stereocenters. The summed E-state index contributed by atoms with van der Waals surface area (Å²) < 4.78 is 120. The number of ether oxygens (including phenoxy) is 2. The number of alkyl halides is 9. The van der Waals surface area contributed by atoms with Crippen molar-refractivity contribution in [3.05, 3.63) is 138 Å². The minimum atomic E-state index is -4.63. The quantitative estimate of drug-likeness (QED) is 0.150. The molecule has 0 aliphatic heterocycles. The Hall–Kier alpha value is -4.08. The summed E-state index contributed by atoms with van der Waals surface area (Å²) in [5.74, 6) is -0.00748. The molecular formula is C35H27BBrCl3F9N6NaO7. The van der Waals surface area contributed by atoms with Gasteiger partial charge in [0.25, 0.3) is 0 Å². The third-order valence-corrected chi connectivity index (χ3v) is 8.20. The van der Waals surface area contributed by atoms with Crippen LogP contribution in [0.25, 0.3) is 22.5 Å². The fourth-order valence-electron chi connectivity index (χ4n) is 4.20. The van der Waals surface area contributed by atoms with Gasteiger partial charge < -0.3 is 30.5 Å². The van der Waals surface area contributed by atoms with Gasteiger partial charge in [-0.1, -0.05) is 71.2 Å². The second-order valence-electron chi connectivity index (χ2n) is 11.2. The summed E-state index contributed by atoms with van der Waals surface area (Å²) in [6, 6.07) is 21.2. The first-order valence-corrected chi connectivity index (χ1v) is 17.8. The SMILES string of the molecule is COc1cc(C(F)(F)F)nnc1-c1cccc(Cl)c1.COc1cc(C(F)(F)F)nnc1Br.O.O=c1cc(C(F)(F)F)[nH]nc1-c1cccc(Cl)c1.OB(O)c1cccc(Cl)c1.[Na+].[OH-]. The van der Waals surface area contributed by atoms with Crippen LogP contribution in [0.15, 0.2) is 100 Å². The predicted octanol–water partition coefficient (Wildman–Crippen LogP) is 5.22. The predicted molar refractivity (Wildman–Crippen MR) is 212 cm³/mol. The van der Waals surface area contributed by atoms with E-state index in [-0.39, 0.29) is 68.0 Å². The van der Waals surface area contributed by atoms with E-state index in [2.05, 4.69) is 46.2 Å². The molecule has 0 saturated carbocycles. The van der Waals surface area contributed by atoms with Gasteiger partial charge in [0.2, 0.25) is 5.43 Å². The third-order valence-electron chi connectivity index (χ3n) is 6.94. The van der Waals surface area contributed by atoms with Crippen LogP contribution in [0.3, 0.4) is 0 Å². The number of hydrogen-bond donors (Lipinski definition) is 3. The maximum atomic E-state index is 12.5. The number of nitrogens with zero attached hydrogens (tertiary/aromatic N) is 5. The minimum absolute atomic E-state index is 0. The molecular weight excluding hydrogens is 1010 g/mol. The van der Waals surface area contributed by atoms with E-state index >= 15 is 0 Å². The molecule has 0 fully saturated rings. The number of benzene rings is 3. The molecule has 0 saturated heterocycles. The molecule has 0 unspecified atom stereocenters. The van der Waals surface area contributed by atoms with E-state index in [9.17, 15) is 44.3 Å². The van der Waals surface area contributed by atoms with Crippen LogP contribution in [0, 0.1) is 0 Å². The summed E-state index contributed by atoms with van der Waals surface area (Å²) in [7, 11) is 1.09. The zero-order chi connectivity index (χ0) is 45.0. The molecule has 6 rings (SSSR count). The smallest absolute Gasteiger partial charge is 0.870 e. The largest absolute Gasteiger partial charge is 1.00 e. The molecule has 3 aromatic carbocycles. The number of H-pyrrole nitrogens is 1. The Labute approximate surface area is 395 Å². The van der Waals surface area contributed by atoms with Crippen molar-refractivity contribution in [3.63, 3.8) is 0 Å². The van der Waals surface area contributed by atoms with Crippen LogP contribution in [0.1, 0.15) is 17.1 Å². The molecule has 63 heavy (non-hydrogen) atoms. The molecule has 0 aliphatic carbocycles. The summed E-state index contributed by atoms with van der Waals surface area (Å²) >= 11 is 20.0. The van der Waals surface area contributed by atoms with Crippen molar-refractivity contribution >= 4 is 63.3 Å². The van der Waals surface area contributed by atoms with Gasteiger partial charge in [-0.3, -0.25) is 9.89 Å². The average molecular weight is 1030 g/mol. The molecule has 3 heterocycles. The topological polar surface area (TPSA) is 218 Å². The fraction of sp³-hybridized carbons (Fsp3) is 0.143. The molecule has 0 amide bonds. The molecule has 28 heteroatoms. The summed E-state index contributed by atoms with van der Waals surface area (Å²) in [4.78, 5) is 11.6. The van der Waals surface area contributed by atoms with Gasteiger partial charge in [0.15, 0.2) is 21.7 Å². The number of nitrogens with one attached hydrogen (secondary N) is 1. The summed E-state index contributed by atoms with van der Waals surface area (Å²) in [5, 5.41) is 36.8. The second kappa shape index (κ2) is 26.0. The summed E-state index contributed by atoms with van der Waals surface area (Å²) in [6.07, 6.45) is -13.7. The Morgan fingerprint density at radius 3 is 1.48 bits per heavy atom. The fourth-order valence-corrected chi connectivity index (χ4v) is 5.14. The Bertz CT molecular complexity index is 2450. The van der Waals surface area contributed by atoms with Gasteiger partial charge in [0.05, 0.1) is 14.2 Å². The first-order valence-electron chi connectivity index (χ1n) is 15.9. The number of rotatable bonds is 5. The molecule has 3 aromatic heterocycles. The van der Waals surface area contributed by atoms with Gasteiger partial charge in [-0.2, -0.15) is 44.6 Å². The monoisotopic (exact) mass is 1030 g/mol. The van der Waals surface area contributed by atoms with Crippen molar-refractivity contribution in [2.24, 2.45) is 0 Å². The van der Waals surface area contributed by atoms with Crippen molar-refractivity contribution < 1.29 is 99.5 Å². The maximum absolute atomic E-state index is 12.5. The van der Waals surface area contributed by atoms with E-state index in [1.807, 2.05) is 5.10 Å². The Morgan fingerprint density at radius 1 is 0.635 bits per heavy atom. The number of aromatic amines is 1. The van der Waals surface area contributed by atoms with Crippen LogP contribution >= 0.6 is 50.7 Å². The van der Waals surface area contributed by atoms with E-state index in [4.69, 9.17) is 49.6 Å². The Morgan fingerprint density at radius 2 is 1.08 bits per heavy atom. The molecule has 6 N–H and O–H groups in total. The molecule has 0 spiro atoms. The van der Waals surface area contributed by atoms with Crippen molar-refractivity contribution in [3.8, 4) is 34.0 Å². The van der Waals surface area contributed by atoms with Gasteiger partial charge >= 0.3 is 55.2 Å². The molecule has 334 valence electrons. The van der Waals surface area contributed by atoms with Gasteiger partial charge in [-0.25, -0.2) is 0 Å². The normalized spacial score (nSPS) is 10.6. The summed E-state index contributed by atoms with van der Waals surface area (Å²) in [5.41, 5.74) is -2.77. The number of methoxy groups -OCH3 is 2. The first-order chi connectivity index (χ1) is 27.9. The number of halogens is 13. The van der Waals surface area contributed by atoms with Crippen LogP contribution in [-0.2, 0) is 18.5 Å². The molecule has 0 bridgehead atoms. The van der Waals surface area contributed by atoms with Crippen molar-refractivity contribution in [2.45, 2.75) is 18.5 Å². The first kappa shape index (κ1) is 58.9. The maximum Gasteiger partial charge on any atom is 1.00 e. The third kappa shape index (κ3) is 18.5. The molecule has 0 radical (unpaired) electrons. The van der Waals surface area contributed by atoms with Crippen LogP contribution < -0.4 is 49.9 Å². The van der Waals surface area contributed by atoms with Gasteiger partial charge in [-0.15, -0.1) is 20.4 Å². The van der Waals surface area contributed by atoms with Gasteiger partial charge in [0.1, 0.15) is 22.8 Å². The minimum Gasteiger partial charge on any atom is -0.870 e. The van der Waals surface area contributed by atoms with E-state index in [0.717, 1.165) is 12.1 Å². The van der Waals surface area contributed by atoms with Gasteiger partial charge in [-0.05, 0) is 57.8 Å². The van der Waals surface area contributed by atoms with Crippen LogP contribution in [0.5, 0.6) is 11.5 Å². The van der Waals surface area contributed by atoms with E-state index in [0.29, 0.717) is 37.7 Å². The summed E-state index contributed by atoms with van der Waals surface area (Å²) in [6.45, 7) is 0. The van der Waals surface area contributed by atoms with E-state index in [1.165, 1.54) is 32.4 Å². The van der Waals surface area contributed by atoms with Crippen LogP contribution in [-0.4, -0.2) is 72.9 Å². The molecule has 0 aliphatic rings. The van der Waals surface area contributed by atoms with Crippen molar-refractivity contribution in [2.75, 3.05) is 14.2 Å². The second-order valence-corrected chi connectivity index (χ2v) is 13.2. The van der Waals surface area contributed by atoms with Crippen molar-refractivity contribution in [1.82, 2.24) is 30.6 Å². The van der Waals surface area contributed by atoms with Gasteiger partial charge in [0, 0.05) is 44.4 Å².